The Morgan fingerprint density at radius 1 is 1.35 bits per heavy atom. The topological polar surface area (TPSA) is 83.7 Å². The molecule has 0 unspecified atom stereocenters. The van der Waals surface area contributed by atoms with Gasteiger partial charge in [-0.1, -0.05) is 15.9 Å². The van der Waals surface area contributed by atoms with Gasteiger partial charge in [0.2, 0.25) is 5.91 Å². The average molecular weight is 382 g/mol. The lowest BCUT2D eigenvalue weighted by molar-refractivity contribution is -0.115. The van der Waals surface area contributed by atoms with Gasteiger partial charge in [-0.3, -0.25) is 9.59 Å². The molecule has 1 aromatic carbocycles. The highest BCUT2D eigenvalue weighted by Gasteiger charge is 2.10. The number of carbonyl (C=O) groups is 2. The number of nitrogens with one attached hydrogen (secondary N) is 2. The Kier molecular flexibility index (Phi) is 5.64. The van der Waals surface area contributed by atoms with Crippen molar-refractivity contribution in [3.8, 4) is 0 Å². The van der Waals surface area contributed by atoms with E-state index in [4.69, 9.17) is 4.42 Å². The van der Waals surface area contributed by atoms with Gasteiger partial charge in [-0.2, -0.15) is 5.10 Å². The molecule has 23 heavy (non-hydrogen) atoms. The number of halogens is 2. The van der Waals surface area contributed by atoms with Gasteiger partial charge in [-0.15, -0.1) is 0 Å². The Morgan fingerprint density at radius 3 is 2.78 bits per heavy atom. The normalized spacial score (nSPS) is 11.2. The van der Waals surface area contributed by atoms with Crippen LogP contribution in [0.15, 0.2) is 50.6 Å². The van der Waals surface area contributed by atoms with Gasteiger partial charge in [0.1, 0.15) is 5.82 Å². The van der Waals surface area contributed by atoms with Crippen LogP contribution in [0.3, 0.4) is 0 Å². The number of anilines is 1. The SMILES string of the molecule is C/C(CC(=O)Nc1ccc(Br)cc1F)=N/NC(=O)c1ccco1. The predicted octanol–water partition coefficient (Wildman–Crippen LogP) is 3.32. The monoisotopic (exact) mass is 381 g/mol. The van der Waals surface area contributed by atoms with E-state index in [1.165, 1.54) is 24.5 Å². The van der Waals surface area contributed by atoms with E-state index in [0.717, 1.165) is 0 Å². The van der Waals surface area contributed by atoms with Gasteiger partial charge in [-0.25, -0.2) is 9.82 Å². The zero-order chi connectivity index (χ0) is 16.8. The summed E-state index contributed by atoms with van der Waals surface area (Å²) < 4.78 is 19.1. The van der Waals surface area contributed by atoms with Crippen LogP contribution in [-0.2, 0) is 4.79 Å². The van der Waals surface area contributed by atoms with E-state index in [1.807, 2.05) is 0 Å². The third kappa shape index (κ3) is 5.03. The number of benzene rings is 1. The summed E-state index contributed by atoms with van der Waals surface area (Å²) in [5.74, 6) is -1.40. The lowest BCUT2D eigenvalue weighted by Crippen LogP contribution is -2.21. The van der Waals surface area contributed by atoms with Crippen LogP contribution in [0.2, 0.25) is 0 Å². The van der Waals surface area contributed by atoms with E-state index >= 15 is 0 Å². The quantitative estimate of drug-likeness (QED) is 0.615. The van der Waals surface area contributed by atoms with Crippen LogP contribution < -0.4 is 10.7 Å². The lowest BCUT2D eigenvalue weighted by Gasteiger charge is -2.06. The average Bonchev–Trinajstić information content (AvgIpc) is 3.02. The molecule has 8 heteroatoms. The Morgan fingerprint density at radius 2 is 2.13 bits per heavy atom. The predicted molar refractivity (Wildman–Crippen MR) is 86.6 cm³/mol. The second-order valence-electron chi connectivity index (χ2n) is 4.61. The number of hydrogen-bond donors (Lipinski definition) is 2. The molecule has 0 radical (unpaired) electrons. The highest BCUT2D eigenvalue weighted by Crippen LogP contribution is 2.19. The molecular weight excluding hydrogens is 369 g/mol. The van der Waals surface area contributed by atoms with Crippen molar-refractivity contribution in [1.29, 1.82) is 0 Å². The van der Waals surface area contributed by atoms with Gasteiger partial charge in [0.15, 0.2) is 5.76 Å². The number of amides is 2. The minimum atomic E-state index is -0.548. The van der Waals surface area contributed by atoms with Crippen molar-refractivity contribution in [1.82, 2.24) is 5.43 Å². The Hall–Kier alpha value is -2.48. The summed E-state index contributed by atoms with van der Waals surface area (Å²) in [6.45, 7) is 1.57. The molecule has 2 N–H and O–H groups in total. The second kappa shape index (κ2) is 7.68. The summed E-state index contributed by atoms with van der Waals surface area (Å²) in [6, 6.07) is 7.38. The standard InChI is InChI=1S/C15H13BrFN3O3/c1-9(19-20-15(22)13-3-2-6-23-13)7-14(21)18-12-5-4-10(16)8-11(12)17/h2-6,8H,7H2,1H3,(H,18,21)(H,20,22)/b19-9-. The molecule has 0 aliphatic rings. The fourth-order valence-electron chi connectivity index (χ4n) is 1.67. The van der Waals surface area contributed by atoms with Gasteiger partial charge < -0.3 is 9.73 Å². The number of carbonyl (C=O) groups excluding carboxylic acids is 2. The van der Waals surface area contributed by atoms with E-state index in [0.29, 0.717) is 10.2 Å². The van der Waals surface area contributed by atoms with Crippen molar-refractivity contribution in [2.45, 2.75) is 13.3 Å². The van der Waals surface area contributed by atoms with Crippen LogP contribution in [0.25, 0.3) is 0 Å². The van der Waals surface area contributed by atoms with Crippen LogP contribution in [0.5, 0.6) is 0 Å². The van der Waals surface area contributed by atoms with Gasteiger partial charge >= 0.3 is 5.91 Å². The number of hydrogen-bond acceptors (Lipinski definition) is 4. The fraction of sp³-hybridized carbons (Fsp3) is 0.133. The van der Waals surface area contributed by atoms with Crippen molar-refractivity contribution in [2.24, 2.45) is 5.10 Å². The summed E-state index contributed by atoms with van der Waals surface area (Å²) in [5.41, 5.74) is 2.70. The largest absolute Gasteiger partial charge is 0.459 e. The highest BCUT2D eigenvalue weighted by molar-refractivity contribution is 9.10. The first-order chi connectivity index (χ1) is 11.0. The molecule has 2 aromatic rings. The summed E-state index contributed by atoms with van der Waals surface area (Å²) >= 11 is 3.13. The van der Waals surface area contributed by atoms with E-state index in [-0.39, 0.29) is 17.9 Å². The smallest absolute Gasteiger partial charge is 0.307 e. The lowest BCUT2D eigenvalue weighted by atomic mass is 10.2. The molecule has 0 fully saturated rings. The first-order valence-corrected chi connectivity index (χ1v) is 7.37. The number of hydrazone groups is 1. The van der Waals surface area contributed by atoms with Crippen LogP contribution in [0, 0.1) is 5.82 Å². The summed E-state index contributed by atoms with van der Waals surface area (Å²) in [6.07, 6.45) is 1.28. The van der Waals surface area contributed by atoms with E-state index in [9.17, 15) is 14.0 Å². The number of rotatable bonds is 5. The van der Waals surface area contributed by atoms with E-state index < -0.39 is 17.6 Å². The molecular formula is C15H13BrFN3O3. The number of furan rings is 1. The molecule has 0 spiro atoms. The maximum absolute atomic E-state index is 13.6. The molecule has 1 heterocycles. The molecule has 6 nitrogen and oxygen atoms in total. The maximum Gasteiger partial charge on any atom is 0.307 e. The zero-order valence-electron chi connectivity index (χ0n) is 12.1. The van der Waals surface area contributed by atoms with Crippen molar-refractivity contribution in [3.05, 3.63) is 52.6 Å². The van der Waals surface area contributed by atoms with Crippen molar-refractivity contribution in [3.63, 3.8) is 0 Å². The summed E-state index contributed by atoms with van der Waals surface area (Å²) in [5, 5.41) is 6.23. The van der Waals surface area contributed by atoms with Crippen molar-refractivity contribution < 1.29 is 18.4 Å². The van der Waals surface area contributed by atoms with Gasteiger partial charge in [0, 0.05) is 10.2 Å². The Bertz CT molecular complexity index is 744. The highest BCUT2D eigenvalue weighted by atomic mass is 79.9. The second-order valence-corrected chi connectivity index (χ2v) is 5.53. The third-order valence-electron chi connectivity index (χ3n) is 2.71. The Labute approximate surface area is 139 Å². The zero-order valence-corrected chi connectivity index (χ0v) is 13.7. The molecule has 0 aliphatic heterocycles. The van der Waals surface area contributed by atoms with Crippen LogP contribution in [0.1, 0.15) is 23.9 Å². The van der Waals surface area contributed by atoms with E-state index in [1.54, 1.807) is 19.1 Å². The molecule has 1 aromatic heterocycles. The minimum Gasteiger partial charge on any atom is -0.459 e. The molecule has 120 valence electrons. The van der Waals surface area contributed by atoms with Crippen LogP contribution in [0.4, 0.5) is 10.1 Å². The molecule has 2 amide bonds. The van der Waals surface area contributed by atoms with Crippen LogP contribution >= 0.6 is 15.9 Å². The van der Waals surface area contributed by atoms with Gasteiger partial charge in [-0.05, 0) is 37.3 Å². The first-order valence-electron chi connectivity index (χ1n) is 6.57. The minimum absolute atomic E-state index is 0.0746. The molecule has 0 aliphatic carbocycles. The first kappa shape index (κ1) is 16.9. The van der Waals surface area contributed by atoms with Gasteiger partial charge in [0.25, 0.3) is 0 Å². The summed E-state index contributed by atoms with van der Waals surface area (Å²) in [4.78, 5) is 23.4. The van der Waals surface area contributed by atoms with Crippen LogP contribution in [-0.4, -0.2) is 17.5 Å². The summed E-state index contributed by atoms with van der Waals surface area (Å²) in [7, 11) is 0. The van der Waals surface area contributed by atoms with Crippen molar-refractivity contribution >= 4 is 39.1 Å². The molecule has 0 bridgehead atoms. The molecule has 0 atom stereocenters. The maximum atomic E-state index is 13.6. The molecule has 0 saturated carbocycles. The Balaban J connectivity index is 1.89. The molecule has 2 rings (SSSR count). The van der Waals surface area contributed by atoms with Gasteiger partial charge in [0.05, 0.1) is 18.4 Å². The number of nitrogens with zero attached hydrogens (tertiary/aromatic N) is 1. The third-order valence-corrected chi connectivity index (χ3v) is 3.21. The van der Waals surface area contributed by atoms with Crippen molar-refractivity contribution in [2.75, 3.05) is 5.32 Å². The fourth-order valence-corrected chi connectivity index (χ4v) is 2.00. The van der Waals surface area contributed by atoms with E-state index in [2.05, 4.69) is 31.8 Å². The molecule has 0 saturated heterocycles.